The first-order valence-corrected chi connectivity index (χ1v) is 7.58. The molecule has 0 aromatic heterocycles. The first-order valence-electron chi connectivity index (χ1n) is 7.20. The maximum absolute atomic E-state index is 9.61. The van der Waals surface area contributed by atoms with E-state index in [0.717, 1.165) is 36.1 Å². The Bertz CT molecular complexity index is 447. The minimum absolute atomic E-state index is 0.154. The van der Waals surface area contributed by atoms with Crippen LogP contribution in [0.3, 0.4) is 0 Å². The molecule has 1 nitrogen and oxygen atoms in total. The van der Waals surface area contributed by atoms with Gasteiger partial charge in [0.05, 0.1) is 11.5 Å². The normalized spacial score (nSPS) is 27.2. The minimum Gasteiger partial charge on any atom is -0.198 e. The molecule has 1 aliphatic rings. The van der Waals surface area contributed by atoms with Crippen LogP contribution in [-0.2, 0) is 6.42 Å². The number of nitrogens with zero attached hydrogens (tertiary/aromatic N) is 1. The van der Waals surface area contributed by atoms with Gasteiger partial charge in [-0.1, -0.05) is 37.6 Å². The quantitative estimate of drug-likeness (QED) is 0.740. The predicted molar refractivity (Wildman–Crippen MR) is 80.0 cm³/mol. The predicted octanol–water partition coefficient (Wildman–Crippen LogP) is 5.24. The third-order valence-electron chi connectivity index (χ3n) is 4.62. The van der Waals surface area contributed by atoms with Crippen molar-refractivity contribution in [2.24, 2.45) is 17.3 Å². The van der Waals surface area contributed by atoms with E-state index >= 15 is 0 Å². The van der Waals surface area contributed by atoms with Gasteiger partial charge < -0.3 is 0 Å². The molecule has 0 bridgehead atoms. The van der Waals surface area contributed by atoms with Crippen molar-refractivity contribution in [1.29, 1.82) is 5.26 Å². The van der Waals surface area contributed by atoms with E-state index in [1.807, 2.05) is 12.1 Å². The third-order valence-corrected chi connectivity index (χ3v) is 4.88. The Morgan fingerprint density at radius 2 is 1.84 bits per heavy atom. The first-order chi connectivity index (χ1) is 9.04. The van der Waals surface area contributed by atoms with Gasteiger partial charge in [-0.15, -0.1) is 0 Å². The average Bonchev–Trinajstić information content (AvgIpc) is 2.42. The molecule has 1 aromatic rings. The van der Waals surface area contributed by atoms with Crippen LogP contribution in [0.2, 0.25) is 5.02 Å². The lowest BCUT2D eigenvalue weighted by Crippen LogP contribution is -2.30. The Labute approximate surface area is 121 Å². The SMILES string of the molecule is CC(C)C1CCC(C#N)(Cc2ccc(Cl)cc2)CC1. The van der Waals surface area contributed by atoms with Crippen molar-refractivity contribution in [2.75, 3.05) is 0 Å². The second-order valence-electron chi connectivity index (χ2n) is 6.28. The van der Waals surface area contributed by atoms with Crippen LogP contribution in [0.5, 0.6) is 0 Å². The highest BCUT2D eigenvalue weighted by molar-refractivity contribution is 6.30. The largest absolute Gasteiger partial charge is 0.198 e. The molecular weight excluding hydrogens is 254 g/mol. The Balaban J connectivity index is 2.05. The van der Waals surface area contributed by atoms with Crippen LogP contribution in [0, 0.1) is 28.6 Å². The Morgan fingerprint density at radius 3 is 2.32 bits per heavy atom. The van der Waals surface area contributed by atoms with Gasteiger partial charge in [-0.25, -0.2) is 0 Å². The maximum Gasteiger partial charge on any atom is 0.0693 e. The Kier molecular flexibility index (Phi) is 4.53. The summed E-state index contributed by atoms with van der Waals surface area (Å²) in [5, 5.41) is 10.4. The van der Waals surface area contributed by atoms with Gasteiger partial charge in [0.25, 0.3) is 0 Å². The third kappa shape index (κ3) is 3.51. The molecule has 0 unspecified atom stereocenters. The lowest BCUT2D eigenvalue weighted by atomic mass is 9.66. The van der Waals surface area contributed by atoms with Gasteiger partial charge in [-0.05, 0) is 61.6 Å². The topological polar surface area (TPSA) is 23.8 Å². The van der Waals surface area contributed by atoms with Gasteiger partial charge >= 0.3 is 0 Å². The highest BCUT2D eigenvalue weighted by Crippen LogP contribution is 2.43. The molecule has 0 saturated heterocycles. The number of hydrogen-bond donors (Lipinski definition) is 0. The molecule has 0 atom stereocenters. The lowest BCUT2D eigenvalue weighted by molar-refractivity contribution is 0.175. The van der Waals surface area contributed by atoms with Crippen LogP contribution in [0.4, 0.5) is 0 Å². The monoisotopic (exact) mass is 275 g/mol. The summed E-state index contributed by atoms with van der Waals surface area (Å²) in [5.74, 6) is 1.54. The molecular formula is C17H22ClN. The molecule has 1 saturated carbocycles. The zero-order valence-electron chi connectivity index (χ0n) is 11.8. The van der Waals surface area contributed by atoms with Crippen LogP contribution in [0.1, 0.15) is 45.1 Å². The molecule has 0 N–H and O–H groups in total. The van der Waals surface area contributed by atoms with Gasteiger partial charge in [-0.2, -0.15) is 5.26 Å². The number of halogens is 1. The van der Waals surface area contributed by atoms with E-state index in [2.05, 4.69) is 32.0 Å². The van der Waals surface area contributed by atoms with E-state index in [0.29, 0.717) is 0 Å². The summed E-state index contributed by atoms with van der Waals surface area (Å²) in [7, 11) is 0. The number of nitriles is 1. The van der Waals surface area contributed by atoms with E-state index in [9.17, 15) is 5.26 Å². The molecule has 1 aromatic carbocycles. The maximum atomic E-state index is 9.61. The van der Waals surface area contributed by atoms with E-state index < -0.39 is 0 Å². The summed E-state index contributed by atoms with van der Waals surface area (Å²) in [6.45, 7) is 4.59. The Morgan fingerprint density at radius 1 is 1.26 bits per heavy atom. The van der Waals surface area contributed by atoms with Gasteiger partial charge in [0.15, 0.2) is 0 Å². The van der Waals surface area contributed by atoms with Crippen LogP contribution in [0.15, 0.2) is 24.3 Å². The molecule has 0 spiro atoms. The second-order valence-corrected chi connectivity index (χ2v) is 6.71. The molecule has 1 fully saturated rings. The summed E-state index contributed by atoms with van der Waals surface area (Å²) in [6, 6.07) is 10.5. The number of rotatable bonds is 3. The fourth-order valence-electron chi connectivity index (χ4n) is 3.18. The molecule has 1 aliphatic carbocycles. The molecule has 102 valence electrons. The smallest absolute Gasteiger partial charge is 0.0693 e. The average molecular weight is 276 g/mol. The second kappa shape index (κ2) is 5.97. The summed E-state index contributed by atoms with van der Waals surface area (Å²) in [4.78, 5) is 0. The first kappa shape index (κ1) is 14.4. The molecule has 0 radical (unpaired) electrons. The van der Waals surface area contributed by atoms with Crippen LogP contribution in [0.25, 0.3) is 0 Å². The minimum atomic E-state index is -0.154. The number of benzene rings is 1. The van der Waals surface area contributed by atoms with Gasteiger partial charge in [-0.3, -0.25) is 0 Å². The zero-order chi connectivity index (χ0) is 13.9. The fourth-order valence-corrected chi connectivity index (χ4v) is 3.31. The summed E-state index contributed by atoms with van der Waals surface area (Å²) in [6.07, 6.45) is 5.33. The summed E-state index contributed by atoms with van der Waals surface area (Å²) < 4.78 is 0. The van der Waals surface area contributed by atoms with Crippen molar-refractivity contribution < 1.29 is 0 Å². The Hall–Kier alpha value is -1.00. The fraction of sp³-hybridized carbons (Fsp3) is 0.588. The van der Waals surface area contributed by atoms with Gasteiger partial charge in [0, 0.05) is 5.02 Å². The lowest BCUT2D eigenvalue weighted by Gasteiger charge is -2.36. The van der Waals surface area contributed by atoms with Crippen molar-refractivity contribution in [3.05, 3.63) is 34.9 Å². The van der Waals surface area contributed by atoms with Gasteiger partial charge in [0.1, 0.15) is 0 Å². The van der Waals surface area contributed by atoms with Crippen LogP contribution in [-0.4, -0.2) is 0 Å². The van der Waals surface area contributed by atoms with Crippen molar-refractivity contribution in [3.63, 3.8) is 0 Å². The molecule has 0 amide bonds. The molecule has 0 heterocycles. The zero-order valence-corrected chi connectivity index (χ0v) is 12.6. The van der Waals surface area contributed by atoms with Crippen molar-refractivity contribution >= 4 is 11.6 Å². The number of hydrogen-bond acceptors (Lipinski definition) is 1. The van der Waals surface area contributed by atoms with Crippen molar-refractivity contribution in [2.45, 2.75) is 46.0 Å². The van der Waals surface area contributed by atoms with E-state index in [1.54, 1.807) is 0 Å². The van der Waals surface area contributed by atoms with Crippen LogP contribution >= 0.6 is 11.6 Å². The van der Waals surface area contributed by atoms with E-state index in [1.165, 1.54) is 18.4 Å². The highest BCUT2D eigenvalue weighted by Gasteiger charge is 2.36. The molecule has 0 aliphatic heterocycles. The molecule has 2 heteroatoms. The summed E-state index contributed by atoms with van der Waals surface area (Å²) in [5.41, 5.74) is 1.08. The highest BCUT2D eigenvalue weighted by atomic mass is 35.5. The van der Waals surface area contributed by atoms with Crippen molar-refractivity contribution in [1.82, 2.24) is 0 Å². The standard InChI is InChI=1S/C17H22ClN/c1-13(2)15-7-9-17(12-19,10-8-15)11-14-3-5-16(18)6-4-14/h3-6,13,15H,7-11H2,1-2H3. The van der Waals surface area contributed by atoms with E-state index in [4.69, 9.17) is 11.6 Å². The van der Waals surface area contributed by atoms with Crippen LogP contribution < -0.4 is 0 Å². The van der Waals surface area contributed by atoms with E-state index in [-0.39, 0.29) is 5.41 Å². The molecule has 19 heavy (non-hydrogen) atoms. The van der Waals surface area contributed by atoms with Gasteiger partial charge in [0.2, 0.25) is 0 Å². The summed E-state index contributed by atoms with van der Waals surface area (Å²) >= 11 is 5.91. The molecule has 2 rings (SSSR count). The van der Waals surface area contributed by atoms with Crippen molar-refractivity contribution in [3.8, 4) is 6.07 Å².